The highest BCUT2D eigenvalue weighted by Crippen LogP contribution is 2.45. The standard InChI is InChI=1S/C14H21N3O2.C2HF3O2/c1-10(2)8-12(15)13(18)16-14(5-6-14)11-4-3-7-17(19)9-11;3-2(4,5)1(6)7/h3-4,7,9-10,12H,5-6,8,15H2,1-2H3,(H-,16,18,19);(H,6,7)/p+1. The van der Waals surface area contributed by atoms with E-state index in [0.29, 0.717) is 12.3 Å². The summed E-state index contributed by atoms with van der Waals surface area (Å²) in [6.45, 7) is 4.10. The Labute approximate surface area is 148 Å². The van der Waals surface area contributed by atoms with Crippen LogP contribution in [0.1, 0.15) is 38.7 Å². The SMILES string of the molecule is CC(C)CC(N)C(=O)NC1(c2ccc[n+](O)c2)CC1.O=C(O)C(F)(F)F. The van der Waals surface area contributed by atoms with Crippen LogP contribution in [-0.4, -0.2) is 34.4 Å². The molecule has 1 fully saturated rings. The lowest BCUT2D eigenvalue weighted by atomic mass is 10.0. The second-order valence-corrected chi connectivity index (χ2v) is 6.58. The number of nitrogens with zero attached hydrogens (tertiary/aromatic N) is 1. The summed E-state index contributed by atoms with van der Waals surface area (Å²) < 4.78 is 32.7. The predicted octanol–water partition coefficient (Wildman–Crippen LogP) is 1.32. The Morgan fingerprint density at radius 1 is 1.38 bits per heavy atom. The van der Waals surface area contributed by atoms with Gasteiger partial charge < -0.3 is 16.2 Å². The van der Waals surface area contributed by atoms with E-state index < -0.39 is 18.2 Å². The first-order chi connectivity index (χ1) is 11.9. The van der Waals surface area contributed by atoms with Gasteiger partial charge in [-0.1, -0.05) is 13.8 Å². The molecule has 2 rings (SSSR count). The van der Waals surface area contributed by atoms with Crippen LogP contribution < -0.4 is 15.8 Å². The van der Waals surface area contributed by atoms with Gasteiger partial charge in [0.15, 0.2) is 0 Å². The van der Waals surface area contributed by atoms with Crippen molar-refractivity contribution in [3.63, 3.8) is 0 Å². The number of nitrogens with one attached hydrogen (secondary N) is 1. The summed E-state index contributed by atoms with van der Waals surface area (Å²) in [5.41, 5.74) is 6.48. The first-order valence-corrected chi connectivity index (χ1v) is 7.96. The number of rotatable bonds is 5. The molecule has 7 nitrogen and oxygen atoms in total. The zero-order valence-electron chi connectivity index (χ0n) is 14.5. The monoisotopic (exact) mass is 378 g/mol. The van der Waals surface area contributed by atoms with E-state index in [1.807, 2.05) is 19.9 Å². The number of nitrogens with two attached hydrogens (primary N) is 1. The van der Waals surface area contributed by atoms with Crippen LogP contribution in [-0.2, 0) is 15.1 Å². The quantitative estimate of drug-likeness (QED) is 0.456. The van der Waals surface area contributed by atoms with Gasteiger partial charge in [-0.15, -0.1) is 0 Å². The summed E-state index contributed by atoms with van der Waals surface area (Å²) in [6, 6.07) is 3.20. The van der Waals surface area contributed by atoms with Gasteiger partial charge in [-0.3, -0.25) is 10.0 Å². The lowest BCUT2D eigenvalue weighted by molar-refractivity contribution is -0.905. The third kappa shape index (κ3) is 6.51. The molecule has 1 heterocycles. The highest BCUT2D eigenvalue weighted by atomic mass is 19.4. The van der Waals surface area contributed by atoms with E-state index in [0.717, 1.165) is 23.1 Å². The summed E-state index contributed by atoms with van der Waals surface area (Å²) in [6.07, 6.45) is 0.540. The summed E-state index contributed by atoms with van der Waals surface area (Å²) in [7, 11) is 0. The molecule has 1 aliphatic rings. The number of hydrogen-bond acceptors (Lipinski definition) is 4. The molecule has 0 saturated heterocycles. The van der Waals surface area contributed by atoms with Gasteiger partial charge in [0.1, 0.15) is 0 Å². The molecule has 0 radical (unpaired) electrons. The van der Waals surface area contributed by atoms with Crippen molar-refractivity contribution >= 4 is 11.9 Å². The molecule has 1 aromatic heterocycles. The minimum Gasteiger partial charge on any atom is -0.475 e. The largest absolute Gasteiger partial charge is 0.490 e. The van der Waals surface area contributed by atoms with E-state index in [-0.39, 0.29) is 11.4 Å². The Balaban J connectivity index is 0.000000412. The minimum atomic E-state index is -5.08. The number of aromatic nitrogens is 1. The second kappa shape index (κ2) is 8.35. The molecule has 1 amide bonds. The van der Waals surface area contributed by atoms with E-state index in [1.165, 1.54) is 0 Å². The number of halogens is 3. The molecule has 0 aromatic carbocycles. The van der Waals surface area contributed by atoms with Gasteiger partial charge in [-0.25, -0.2) is 4.79 Å². The molecule has 0 spiro atoms. The maximum absolute atomic E-state index is 12.1. The predicted molar refractivity (Wildman–Crippen MR) is 84.0 cm³/mol. The van der Waals surface area contributed by atoms with Crippen molar-refractivity contribution in [3.05, 3.63) is 30.1 Å². The molecule has 1 saturated carbocycles. The van der Waals surface area contributed by atoms with Crippen LogP contribution in [0, 0.1) is 5.92 Å². The highest BCUT2D eigenvalue weighted by Gasteiger charge is 2.47. The van der Waals surface area contributed by atoms with Crippen LogP contribution in [0.3, 0.4) is 0 Å². The molecule has 1 unspecified atom stereocenters. The molecule has 10 heteroatoms. The second-order valence-electron chi connectivity index (χ2n) is 6.58. The van der Waals surface area contributed by atoms with E-state index in [2.05, 4.69) is 5.32 Å². The number of aliphatic carboxylic acids is 1. The first kappa shape index (κ1) is 21.7. The Hall–Kier alpha value is -2.36. The zero-order chi connectivity index (χ0) is 20.1. The third-order valence-corrected chi connectivity index (χ3v) is 3.76. The fourth-order valence-electron chi connectivity index (χ4n) is 2.30. The van der Waals surface area contributed by atoms with Crippen LogP contribution >= 0.6 is 0 Å². The van der Waals surface area contributed by atoms with Crippen LogP contribution in [0.2, 0.25) is 0 Å². The molecule has 1 aliphatic carbocycles. The number of alkyl halides is 3. The van der Waals surface area contributed by atoms with Crippen molar-refractivity contribution < 1.29 is 37.8 Å². The van der Waals surface area contributed by atoms with Crippen LogP contribution in [0.25, 0.3) is 0 Å². The summed E-state index contributed by atoms with van der Waals surface area (Å²) >= 11 is 0. The molecular formula is C16H23F3N3O4+. The lowest BCUT2D eigenvalue weighted by Gasteiger charge is -2.20. The maximum atomic E-state index is 12.1. The number of carbonyl (C=O) groups is 2. The molecule has 1 aromatic rings. The smallest absolute Gasteiger partial charge is 0.475 e. The fraction of sp³-hybridized carbons (Fsp3) is 0.562. The normalized spacial score (nSPS) is 16.3. The van der Waals surface area contributed by atoms with Crippen molar-refractivity contribution in [3.8, 4) is 0 Å². The van der Waals surface area contributed by atoms with E-state index in [9.17, 15) is 23.2 Å². The number of carbonyl (C=O) groups excluding carboxylic acids is 1. The van der Waals surface area contributed by atoms with E-state index in [4.69, 9.17) is 15.6 Å². The van der Waals surface area contributed by atoms with Gasteiger partial charge >= 0.3 is 12.1 Å². The number of hydrogen-bond donors (Lipinski definition) is 4. The molecular weight excluding hydrogens is 355 g/mol. The van der Waals surface area contributed by atoms with Crippen molar-refractivity contribution in [1.29, 1.82) is 0 Å². The average Bonchev–Trinajstić information content (AvgIpc) is 3.27. The van der Waals surface area contributed by atoms with Crippen molar-refractivity contribution in [2.24, 2.45) is 11.7 Å². The Morgan fingerprint density at radius 2 is 1.92 bits per heavy atom. The highest BCUT2D eigenvalue weighted by molar-refractivity contribution is 5.82. The number of carboxylic acids is 1. The Kier molecular flexibility index (Phi) is 6.96. The topological polar surface area (TPSA) is 117 Å². The van der Waals surface area contributed by atoms with Gasteiger partial charge in [0.25, 0.3) is 0 Å². The Bertz CT molecular complexity index is 646. The maximum Gasteiger partial charge on any atom is 0.490 e. The van der Waals surface area contributed by atoms with Gasteiger partial charge in [-0.2, -0.15) is 13.2 Å². The van der Waals surface area contributed by atoms with Gasteiger partial charge in [0.2, 0.25) is 18.3 Å². The first-order valence-electron chi connectivity index (χ1n) is 7.96. The number of carboxylic acid groups (broad SMARTS) is 1. The van der Waals surface area contributed by atoms with E-state index in [1.54, 1.807) is 18.5 Å². The van der Waals surface area contributed by atoms with Crippen LogP contribution in [0.4, 0.5) is 13.2 Å². The van der Waals surface area contributed by atoms with Crippen LogP contribution in [0.15, 0.2) is 24.5 Å². The molecule has 0 bridgehead atoms. The molecule has 1 atom stereocenters. The molecule has 5 N–H and O–H groups in total. The lowest BCUT2D eigenvalue weighted by Crippen LogP contribution is -2.46. The summed E-state index contributed by atoms with van der Waals surface area (Å²) in [5, 5.41) is 19.6. The molecule has 0 aliphatic heterocycles. The summed E-state index contributed by atoms with van der Waals surface area (Å²) in [4.78, 5) is 21.0. The van der Waals surface area contributed by atoms with Gasteiger partial charge in [0.05, 0.1) is 11.6 Å². The number of pyridine rings is 1. The fourth-order valence-corrected chi connectivity index (χ4v) is 2.30. The van der Waals surface area contributed by atoms with Gasteiger partial charge in [-0.05, 0) is 31.2 Å². The minimum absolute atomic E-state index is 0.112. The van der Waals surface area contributed by atoms with Crippen LogP contribution in [0.5, 0.6) is 0 Å². The number of amides is 1. The van der Waals surface area contributed by atoms with Crippen molar-refractivity contribution in [2.45, 2.75) is 50.9 Å². The third-order valence-electron chi connectivity index (χ3n) is 3.76. The van der Waals surface area contributed by atoms with E-state index >= 15 is 0 Å². The Morgan fingerprint density at radius 3 is 2.31 bits per heavy atom. The van der Waals surface area contributed by atoms with Crippen molar-refractivity contribution in [2.75, 3.05) is 0 Å². The van der Waals surface area contributed by atoms with Crippen molar-refractivity contribution in [1.82, 2.24) is 5.32 Å². The average molecular weight is 378 g/mol. The van der Waals surface area contributed by atoms with Gasteiger partial charge in [0, 0.05) is 16.4 Å². The molecule has 26 heavy (non-hydrogen) atoms. The molecule has 146 valence electrons. The zero-order valence-corrected chi connectivity index (χ0v) is 14.5. The summed E-state index contributed by atoms with van der Waals surface area (Å²) in [5.74, 6) is -2.47.